The molecule has 2 atom stereocenters. The zero-order valence-electron chi connectivity index (χ0n) is 12.4. The van der Waals surface area contributed by atoms with Crippen molar-refractivity contribution in [3.05, 3.63) is 23.2 Å². The first-order valence-electron chi connectivity index (χ1n) is 6.89. The van der Waals surface area contributed by atoms with Crippen LogP contribution in [0.1, 0.15) is 49.8 Å². The van der Waals surface area contributed by atoms with Gasteiger partial charge < -0.3 is 14.5 Å². The minimum absolute atomic E-state index is 0.359. The summed E-state index contributed by atoms with van der Waals surface area (Å²) in [5, 5.41) is 3.63. The molecule has 3 heteroatoms. The summed E-state index contributed by atoms with van der Waals surface area (Å²) in [6, 6.07) is 2.52. The molecule has 0 fully saturated rings. The van der Waals surface area contributed by atoms with E-state index in [9.17, 15) is 0 Å². The zero-order valence-corrected chi connectivity index (χ0v) is 12.4. The highest BCUT2D eigenvalue weighted by atomic mass is 16.5. The Labute approximate surface area is 111 Å². The molecular formula is C15H27NO2. The molecule has 0 aliphatic carbocycles. The lowest BCUT2D eigenvalue weighted by Gasteiger charge is -2.25. The molecule has 2 unspecified atom stereocenters. The Bertz CT molecular complexity index is 346. The predicted molar refractivity (Wildman–Crippen MR) is 74.9 cm³/mol. The number of aryl methyl sites for hydroxylation is 2. The Balaban J connectivity index is 2.79. The van der Waals surface area contributed by atoms with Crippen LogP contribution in [0.5, 0.6) is 0 Å². The van der Waals surface area contributed by atoms with E-state index in [4.69, 9.17) is 9.15 Å². The van der Waals surface area contributed by atoms with E-state index >= 15 is 0 Å². The van der Waals surface area contributed by atoms with Gasteiger partial charge in [0.05, 0.1) is 0 Å². The molecule has 0 saturated carbocycles. The van der Waals surface area contributed by atoms with Gasteiger partial charge in [0.15, 0.2) is 0 Å². The maximum atomic E-state index is 5.66. The van der Waals surface area contributed by atoms with Gasteiger partial charge in [0.25, 0.3) is 0 Å². The van der Waals surface area contributed by atoms with Crippen molar-refractivity contribution in [2.75, 3.05) is 20.3 Å². The molecule has 0 saturated heterocycles. The minimum Gasteiger partial charge on any atom is -0.466 e. The van der Waals surface area contributed by atoms with Crippen molar-refractivity contribution in [1.29, 1.82) is 0 Å². The van der Waals surface area contributed by atoms with Crippen LogP contribution in [0.25, 0.3) is 0 Å². The fourth-order valence-electron chi connectivity index (χ4n) is 2.35. The van der Waals surface area contributed by atoms with Gasteiger partial charge in [-0.05, 0) is 45.2 Å². The molecule has 104 valence electrons. The van der Waals surface area contributed by atoms with Crippen LogP contribution in [-0.2, 0) is 4.74 Å². The summed E-state index contributed by atoms with van der Waals surface area (Å²) in [4.78, 5) is 0. The van der Waals surface area contributed by atoms with E-state index < -0.39 is 0 Å². The van der Waals surface area contributed by atoms with Crippen LogP contribution in [0.3, 0.4) is 0 Å². The maximum Gasteiger partial charge on any atom is 0.105 e. The van der Waals surface area contributed by atoms with Gasteiger partial charge in [0.2, 0.25) is 0 Å². The zero-order chi connectivity index (χ0) is 13.5. The van der Waals surface area contributed by atoms with E-state index in [-0.39, 0.29) is 0 Å². The van der Waals surface area contributed by atoms with Gasteiger partial charge in [-0.15, -0.1) is 0 Å². The fraction of sp³-hybridized carbons (Fsp3) is 0.733. The summed E-state index contributed by atoms with van der Waals surface area (Å²) in [6.45, 7) is 10.4. The molecule has 0 bridgehead atoms. The van der Waals surface area contributed by atoms with E-state index in [1.54, 1.807) is 7.11 Å². The molecule has 1 heterocycles. The number of rotatable bonds is 8. The lowest BCUT2D eigenvalue weighted by Crippen LogP contribution is -2.28. The third-order valence-corrected chi connectivity index (χ3v) is 3.38. The van der Waals surface area contributed by atoms with Gasteiger partial charge in [-0.25, -0.2) is 0 Å². The van der Waals surface area contributed by atoms with Crippen molar-refractivity contribution in [1.82, 2.24) is 5.32 Å². The smallest absolute Gasteiger partial charge is 0.105 e. The summed E-state index contributed by atoms with van der Waals surface area (Å²) in [6.07, 6.45) is 2.20. The van der Waals surface area contributed by atoms with E-state index in [0.29, 0.717) is 12.0 Å². The Kier molecular flexibility index (Phi) is 6.44. The van der Waals surface area contributed by atoms with Crippen molar-refractivity contribution in [2.24, 2.45) is 5.92 Å². The SMILES string of the molecule is CCCNC(c1cc(C)oc1C)C(C)CCOC. The molecule has 3 nitrogen and oxygen atoms in total. The van der Waals surface area contributed by atoms with Gasteiger partial charge in [-0.3, -0.25) is 0 Å². The summed E-state index contributed by atoms with van der Waals surface area (Å²) in [5.74, 6) is 2.56. The summed E-state index contributed by atoms with van der Waals surface area (Å²) in [5.41, 5.74) is 1.30. The topological polar surface area (TPSA) is 34.4 Å². The van der Waals surface area contributed by atoms with E-state index in [0.717, 1.165) is 37.5 Å². The number of hydrogen-bond acceptors (Lipinski definition) is 3. The highest BCUT2D eigenvalue weighted by molar-refractivity contribution is 5.24. The van der Waals surface area contributed by atoms with E-state index in [1.165, 1.54) is 5.56 Å². The normalized spacial score (nSPS) is 14.7. The molecule has 18 heavy (non-hydrogen) atoms. The van der Waals surface area contributed by atoms with Crippen LogP contribution in [0.15, 0.2) is 10.5 Å². The average molecular weight is 253 g/mol. The Hall–Kier alpha value is -0.800. The van der Waals surface area contributed by atoms with Crippen LogP contribution in [0, 0.1) is 19.8 Å². The second-order valence-electron chi connectivity index (χ2n) is 5.06. The van der Waals surface area contributed by atoms with Gasteiger partial charge in [-0.2, -0.15) is 0 Å². The first kappa shape index (κ1) is 15.3. The standard InChI is InChI=1S/C15H27NO2/c1-6-8-16-15(11(2)7-9-17-5)14-10-12(3)18-13(14)4/h10-11,15-16H,6-9H2,1-5H3. The third kappa shape index (κ3) is 4.14. The Morgan fingerprint density at radius 2 is 2.11 bits per heavy atom. The van der Waals surface area contributed by atoms with Crippen molar-refractivity contribution in [3.8, 4) is 0 Å². The predicted octanol–water partition coefficient (Wildman–Crippen LogP) is 3.61. The Morgan fingerprint density at radius 3 is 2.61 bits per heavy atom. The van der Waals surface area contributed by atoms with Gasteiger partial charge in [0.1, 0.15) is 11.5 Å². The lowest BCUT2D eigenvalue weighted by atomic mass is 9.92. The van der Waals surface area contributed by atoms with Gasteiger partial charge in [0, 0.05) is 25.3 Å². The largest absolute Gasteiger partial charge is 0.466 e. The minimum atomic E-state index is 0.359. The molecule has 0 spiro atoms. The third-order valence-electron chi connectivity index (χ3n) is 3.38. The van der Waals surface area contributed by atoms with Crippen molar-refractivity contribution >= 4 is 0 Å². The van der Waals surface area contributed by atoms with Crippen molar-refractivity contribution < 1.29 is 9.15 Å². The highest BCUT2D eigenvalue weighted by Crippen LogP contribution is 2.29. The van der Waals surface area contributed by atoms with E-state index in [2.05, 4.69) is 25.2 Å². The lowest BCUT2D eigenvalue weighted by molar-refractivity contribution is 0.170. The summed E-state index contributed by atoms with van der Waals surface area (Å²) < 4.78 is 10.8. The van der Waals surface area contributed by atoms with Gasteiger partial charge >= 0.3 is 0 Å². The molecule has 1 aromatic rings. The molecule has 0 amide bonds. The molecule has 1 rings (SSSR count). The summed E-state index contributed by atoms with van der Waals surface area (Å²) in [7, 11) is 1.76. The number of hydrogen-bond donors (Lipinski definition) is 1. The molecule has 0 aromatic carbocycles. The van der Waals surface area contributed by atoms with Crippen LogP contribution in [-0.4, -0.2) is 20.3 Å². The highest BCUT2D eigenvalue weighted by Gasteiger charge is 2.22. The fourth-order valence-corrected chi connectivity index (χ4v) is 2.35. The van der Waals surface area contributed by atoms with Crippen LogP contribution in [0.2, 0.25) is 0 Å². The number of methoxy groups -OCH3 is 1. The molecular weight excluding hydrogens is 226 g/mol. The molecule has 1 N–H and O–H groups in total. The second-order valence-corrected chi connectivity index (χ2v) is 5.06. The van der Waals surface area contributed by atoms with Crippen LogP contribution >= 0.6 is 0 Å². The first-order valence-corrected chi connectivity index (χ1v) is 6.89. The molecule has 0 radical (unpaired) electrons. The maximum absolute atomic E-state index is 5.66. The average Bonchev–Trinajstić information content (AvgIpc) is 2.66. The molecule has 0 aliphatic heterocycles. The molecule has 1 aromatic heterocycles. The second kappa shape index (κ2) is 7.59. The van der Waals surface area contributed by atoms with Crippen LogP contribution in [0.4, 0.5) is 0 Å². The van der Waals surface area contributed by atoms with Crippen molar-refractivity contribution in [3.63, 3.8) is 0 Å². The van der Waals surface area contributed by atoms with E-state index in [1.807, 2.05) is 13.8 Å². The van der Waals surface area contributed by atoms with Crippen molar-refractivity contribution in [2.45, 2.75) is 46.6 Å². The Morgan fingerprint density at radius 1 is 1.39 bits per heavy atom. The quantitative estimate of drug-likeness (QED) is 0.768. The monoisotopic (exact) mass is 253 g/mol. The molecule has 0 aliphatic rings. The van der Waals surface area contributed by atoms with Crippen LogP contribution < -0.4 is 5.32 Å². The number of furan rings is 1. The van der Waals surface area contributed by atoms with Gasteiger partial charge in [-0.1, -0.05) is 13.8 Å². The first-order chi connectivity index (χ1) is 8.60. The summed E-state index contributed by atoms with van der Waals surface area (Å²) >= 11 is 0. The number of ether oxygens (including phenoxy) is 1. The number of nitrogens with one attached hydrogen (secondary N) is 1.